The lowest BCUT2D eigenvalue weighted by Gasteiger charge is -2.41. The summed E-state index contributed by atoms with van der Waals surface area (Å²) in [6.07, 6.45) is 7.90. The second kappa shape index (κ2) is 8.42. The van der Waals surface area contributed by atoms with Crippen LogP contribution in [0.2, 0.25) is 0 Å². The molecular weight excluding hydrogens is 342 g/mol. The lowest BCUT2D eigenvalue weighted by atomic mass is 9.82. The summed E-state index contributed by atoms with van der Waals surface area (Å²) in [5, 5.41) is 0. The van der Waals surface area contributed by atoms with Crippen LogP contribution in [0, 0.1) is 5.92 Å². The molecule has 3 heterocycles. The van der Waals surface area contributed by atoms with Crippen LogP contribution in [-0.4, -0.2) is 49.0 Å². The van der Waals surface area contributed by atoms with Gasteiger partial charge in [-0.25, -0.2) is 0 Å². The Morgan fingerprint density at radius 1 is 1.11 bits per heavy atom. The van der Waals surface area contributed by atoms with E-state index in [2.05, 4.69) is 12.1 Å². The third kappa shape index (κ3) is 4.03. The molecule has 146 valence electrons. The van der Waals surface area contributed by atoms with Crippen molar-refractivity contribution in [2.24, 2.45) is 5.92 Å². The first-order chi connectivity index (χ1) is 13.3. The minimum absolute atomic E-state index is 0.000552. The molecule has 3 aliphatic heterocycles. The van der Waals surface area contributed by atoms with Crippen LogP contribution >= 0.6 is 0 Å². The highest BCUT2D eigenvalue weighted by atomic mass is 16.5. The monoisotopic (exact) mass is 371 g/mol. The summed E-state index contributed by atoms with van der Waals surface area (Å²) in [5.74, 6) is 1.50. The summed E-state index contributed by atoms with van der Waals surface area (Å²) in [7, 11) is 0. The smallest absolute Gasteiger partial charge is 0.260 e. The molecule has 0 spiro atoms. The zero-order valence-electron chi connectivity index (χ0n) is 15.8. The van der Waals surface area contributed by atoms with Gasteiger partial charge in [0.25, 0.3) is 5.91 Å². The first kappa shape index (κ1) is 18.5. The third-order valence-electron chi connectivity index (χ3n) is 6.52. The van der Waals surface area contributed by atoms with E-state index in [1.54, 1.807) is 0 Å². The Kier molecular flexibility index (Phi) is 5.77. The Labute approximate surface area is 161 Å². The van der Waals surface area contributed by atoms with E-state index in [0.29, 0.717) is 18.9 Å². The van der Waals surface area contributed by atoms with E-state index in [-0.39, 0.29) is 30.6 Å². The van der Waals surface area contributed by atoms with Gasteiger partial charge in [0.2, 0.25) is 0 Å². The van der Waals surface area contributed by atoms with Gasteiger partial charge in [-0.3, -0.25) is 4.79 Å². The van der Waals surface area contributed by atoms with Gasteiger partial charge in [0.05, 0.1) is 18.8 Å². The lowest BCUT2D eigenvalue weighted by molar-refractivity contribution is -0.142. The Hall–Kier alpha value is -1.88. The molecule has 1 aromatic carbocycles. The average molecular weight is 371 g/mol. The highest BCUT2D eigenvalue weighted by Gasteiger charge is 2.36. The fraction of sp³-hybridized carbons (Fsp3) is 0.636. The summed E-state index contributed by atoms with van der Waals surface area (Å²) in [6, 6.07) is 8.12. The Bertz CT molecular complexity index is 668. The van der Waals surface area contributed by atoms with E-state index in [0.717, 1.165) is 57.1 Å². The van der Waals surface area contributed by atoms with E-state index >= 15 is 0 Å². The molecule has 2 fully saturated rings. The Morgan fingerprint density at radius 3 is 2.74 bits per heavy atom. The van der Waals surface area contributed by atoms with Gasteiger partial charge in [0.1, 0.15) is 12.0 Å². The molecule has 1 aliphatic carbocycles. The summed E-state index contributed by atoms with van der Waals surface area (Å²) in [6.45, 7) is 1.31. The van der Waals surface area contributed by atoms with Gasteiger partial charge >= 0.3 is 0 Å². The van der Waals surface area contributed by atoms with Crippen molar-refractivity contribution in [3.63, 3.8) is 0 Å². The Balaban J connectivity index is 1.60. The number of carbonyl (C=O) groups excluding carboxylic acids is 2. The van der Waals surface area contributed by atoms with Gasteiger partial charge in [-0.05, 0) is 62.0 Å². The minimum atomic E-state index is -0.0197. The van der Waals surface area contributed by atoms with Gasteiger partial charge in [0.15, 0.2) is 6.61 Å². The van der Waals surface area contributed by atoms with Crippen molar-refractivity contribution in [3.8, 4) is 5.75 Å². The maximum Gasteiger partial charge on any atom is 0.260 e. The van der Waals surface area contributed by atoms with Crippen molar-refractivity contribution < 1.29 is 19.1 Å². The number of amides is 1. The number of hydrogen-bond donors (Lipinski definition) is 0. The molecule has 1 saturated heterocycles. The van der Waals surface area contributed by atoms with Gasteiger partial charge in [-0.15, -0.1) is 0 Å². The number of para-hydroxylation sites is 1. The molecule has 4 aliphatic rings. The van der Waals surface area contributed by atoms with Crippen molar-refractivity contribution >= 4 is 12.2 Å². The zero-order valence-corrected chi connectivity index (χ0v) is 15.8. The van der Waals surface area contributed by atoms with Crippen molar-refractivity contribution in [2.75, 3.05) is 19.8 Å². The number of piperidine rings is 1. The van der Waals surface area contributed by atoms with Crippen LogP contribution < -0.4 is 4.74 Å². The molecule has 5 rings (SSSR count). The van der Waals surface area contributed by atoms with Crippen LogP contribution in [0.3, 0.4) is 0 Å². The molecular formula is C22H29NO4. The molecule has 0 radical (unpaired) electrons. The maximum absolute atomic E-state index is 12.9. The largest absolute Gasteiger partial charge is 0.483 e. The molecule has 5 heteroatoms. The summed E-state index contributed by atoms with van der Waals surface area (Å²) < 4.78 is 12.3. The number of rotatable bonds is 2. The second-order valence-electron chi connectivity index (χ2n) is 8.09. The molecule has 1 amide bonds. The van der Waals surface area contributed by atoms with Gasteiger partial charge < -0.3 is 19.2 Å². The molecule has 0 N–H and O–H groups in total. The normalized spacial score (nSPS) is 31.6. The molecule has 27 heavy (non-hydrogen) atoms. The number of aldehydes is 1. The first-order valence-electron chi connectivity index (χ1n) is 10.3. The summed E-state index contributed by atoms with van der Waals surface area (Å²) in [5.41, 5.74) is 1.22. The average Bonchev–Trinajstić information content (AvgIpc) is 2.73. The molecule has 2 unspecified atom stereocenters. The van der Waals surface area contributed by atoms with Gasteiger partial charge in [0, 0.05) is 13.0 Å². The second-order valence-corrected chi connectivity index (χ2v) is 8.09. The molecule has 1 saturated carbocycles. The number of nitrogens with zero attached hydrogens (tertiary/aromatic N) is 1. The SMILES string of the molecule is O=CCC1CCCN2C(=O)COc3ccccc3C3CCC(CC3)OCC12. The fourth-order valence-electron chi connectivity index (χ4n) is 5.02. The number of ether oxygens (including phenoxy) is 2. The summed E-state index contributed by atoms with van der Waals surface area (Å²) >= 11 is 0. The number of fused-ring (bicyclic) bond motifs is 5. The highest BCUT2D eigenvalue weighted by molar-refractivity contribution is 5.78. The minimum Gasteiger partial charge on any atom is -0.483 e. The topological polar surface area (TPSA) is 55.8 Å². The molecule has 1 aromatic rings. The molecule has 2 bridgehead atoms. The molecule has 5 nitrogen and oxygen atoms in total. The number of carbonyl (C=O) groups is 2. The van der Waals surface area contributed by atoms with E-state index < -0.39 is 0 Å². The number of hydrogen-bond acceptors (Lipinski definition) is 4. The van der Waals surface area contributed by atoms with Crippen LogP contribution in [0.15, 0.2) is 24.3 Å². The van der Waals surface area contributed by atoms with Crippen LogP contribution in [0.4, 0.5) is 0 Å². The predicted octanol–water partition coefficient (Wildman–Crippen LogP) is 3.32. The number of benzene rings is 1. The maximum atomic E-state index is 12.9. The van der Waals surface area contributed by atoms with E-state index in [1.165, 1.54) is 5.56 Å². The fourth-order valence-corrected chi connectivity index (χ4v) is 5.02. The van der Waals surface area contributed by atoms with Crippen LogP contribution in [0.5, 0.6) is 5.75 Å². The zero-order chi connectivity index (χ0) is 18.6. The van der Waals surface area contributed by atoms with E-state index in [4.69, 9.17) is 9.47 Å². The van der Waals surface area contributed by atoms with E-state index in [1.807, 2.05) is 17.0 Å². The standard InChI is InChI=1S/C22H29NO4/c24-13-11-17-4-3-12-23-20(17)14-26-18-9-7-16(8-10-18)19-5-1-2-6-21(19)27-15-22(23)25/h1-2,5-6,13,16-18,20H,3-4,7-12,14-15H2. The quantitative estimate of drug-likeness (QED) is 0.749. The summed E-state index contributed by atoms with van der Waals surface area (Å²) in [4.78, 5) is 26.0. The van der Waals surface area contributed by atoms with Crippen molar-refractivity contribution in [3.05, 3.63) is 29.8 Å². The highest BCUT2D eigenvalue weighted by Crippen LogP contribution is 2.39. The van der Waals surface area contributed by atoms with Crippen molar-refractivity contribution in [1.82, 2.24) is 4.90 Å². The third-order valence-corrected chi connectivity index (χ3v) is 6.52. The van der Waals surface area contributed by atoms with Crippen LogP contribution in [0.25, 0.3) is 0 Å². The van der Waals surface area contributed by atoms with Crippen LogP contribution in [-0.2, 0) is 14.3 Å². The lowest BCUT2D eigenvalue weighted by Crippen LogP contribution is -2.52. The van der Waals surface area contributed by atoms with Crippen molar-refractivity contribution in [1.29, 1.82) is 0 Å². The molecule has 0 aromatic heterocycles. The predicted molar refractivity (Wildman–Crippen MR) is 102 cm³/mol. The van der Waals surface area contributed by atoms with E-state index in [9.17, 15) is 9.59 Å². The Morgan fingerprint density at radius 2 is 1.93 bits per heavy atom. The van der Waals surface area contributed by atoms with Crippen molar-refractivity contribution in [2.45, 2.75) is 63.0 Å². The van der Waals surface area contributed by atoms with Gasteiger partial charge in [-0.1, -0.05) is 18.2 Å². The first-order valence-corrected chi connectivity index (χ1v) is 10.3. The molecule has 2 atom stereocenters. The van der Waals surface area contributed by atoms with Gasteiger partial charge in [-0.2, -0.15) is 0 Å². The van der Waals surface area contributed by atoms with Crippen LogP contribution in [0.1, 0.15) is 56.4 Å².